The molecular formula is C15H28N2O6. The van der Waals surface area contributed by atoms with Crippen LogP contribution in [0.5, 0.6) is 0 Å². The maximum absolute atomic E-state index is 12.1. The Hall–Kier alpha value is -1.83. The summed E-state index contributed by atoms with van der Waals surface area (Å²) >= 11 is 0. The lowest BCUT2D eigenvalue weighted by Crippen LogP contribution is -2.49. The second-order valence-electron chi connectivity index (χ2n) is 5.82. The Morgan fingerprint density at radius 3 is 2.35 bits per heavy atom. The van der Waals surface area contributed by atoms with Crippen LogP contribution >= 0.6 is 0 Å². The van der Waals surface area contributed by atoms with Crippen LogP contribution in [0.15, 0.2) is 0 Å². The number of nitrogens with one attached hydrogen (secondary N) is 2. The van der Waals surface area contributed by atoms with Crippen LogP contribution in [0, 0.1) is 0 Å². The van der Waals surface area contributed by atoms with Crippen LogP contribution in [0.25, 0.3) is 0 Å². The van der Waals surface area contributed by atoms with Crippen molar-refractivity contribution < 1.29 is 28.6 Å². The largest absolute Gasteiger partial charge is 0.469 e. The van der Waals surface area contributed by atoms with E-state index in [0.717, 1.165) is 0 Å². The zero-order chi connectivity index (χ0) is 17.9. The average Bonchev–Trinajstić information content (AvgIpc) is 2.43. The van der Waals surface area contributed by atoms with Crippen LogP contribution in [-0.2, 0) is 23.8 Å². The third kappa shape index (κ3) is 11.4. The van der Waals surface area contributed by atoms with Crippen LogP contribution in [0.4, 0.5) is 4.79 Å². The summed E-state index contributed by atoms with van der Waals surface area (Å²) in [7, 11) is 1.22. The molecule has 0 heterocycles. The highest BCUT2D eigenvalue weighted by atomic mass is 16.6. The second-order valence-corrected chi connectivity index (χ2v) is 5.82. The molecule has 0 aromatic rings. The van der Waals surface area contributed by atoms with E-state index >= 15 is 0 Å². The fourth-order valence-corrected chi connectivity index (χ4v) is 1.56. The van der Waals surface area contributed by atoms with Gasteiger partial charge >= 0.3 is 12.1 Å². The standard InChI is InChI=1S/C15H28N2O6/c1-6-22-9-7-8-16-13(19)11(10-12(18)21-5)17-14(20)23-15(2,3)4/h11H,6-10H2,1-5H3,(H,16,19)(H,17,20)/t11-/m0/s1. The maximum atomic E-state index is 12.1. The number of esters is 1. The molecule has 8 nitrogen and oxygen atoms in total. The van der Waals surface area contributed by atoms with E-state index in [1.165, 1.54) is 7.11 Å². The van der Waals surface area contributed by atoms with Crippen molar-refractivity contribution in [1.29, 1.82) is 0 Å². The Morgan fingerprint density at radius 2 is 1.83 bits per heavy atom. The SMILES string of the molecule is CCOCCCNC(=O)[C@H](CC(=O)OC)NC(=O)OC(C)(C)C. The average molecular weight is 332 g/mol. The van der Waals surface area contributed by atoms with E-state index in [4.69, 9.17) is 9.47 Å². The number of amides is 2. The van der Waals surface area contributed by atoms with Gasteiger partial charge < -0.3 is 24.8 Å². The predicted molar refractivity (Wildman–Crippen MR) is 83.9 cm³/mol. The van der Waals surface area contributed by atoms with Gasteiger partial charge in [-0.15, -0.1) is 0 Å². The summed E-state index contributed by atoms with van der Waals surface area (Å²) in [5.74, 6) is -1.08. The molecule has 23 heavy (non-hydrogen) atoms. The lowest BCUT2D eigenvalue weighted by molar-refractivity contribution is -0.143. The predicted octanol–water partition coefficient (Wildman–Crippen LogP) is 0.986. The first-order valence-electron chi connectivity index (χ1n) is 7.61. The quantitative estimate of drug-likeness (QED) is 0.482. The molecule has 0 aromatic carbocycles. The number of carbonyl (C=O) groups is 3. The monoisotopic (exact) mass is 332 g/mol. The molecule has 1 atom stereocenters. The Morgan fingerprint density at radius 1 is 1.17 bits per heavy atom. The highest BCUT2D eigenvalue weighted by molar-refractivity contribution is 5.89. The zero-order valence-corrected chi connectivity index (χ0v) is 14.6. The molecule has 2 amide bonds. The lowest BCUT2D eigenvalue weighted by atomic mass is 10.2. The van der Waals surface area contributed by atoms with Crippen molar-refractivity contribution in [2.24, 2.45) is 0 Å². The van der Waals surface area contributed by atoms with Crippen LogP contribution < -0.4 is 10.6 Å². The van der Waals surface area contributed by atoms with E-state index in [1.54, 1.807) is 20.8 Å². The van der Waals surface area contributed by atoms with E-state index in [-0.39, 0.29) is 6.42 Å². The molecule has 0 unspecified atom stereocenters. The first-order chi connectivity index (χ1) is 10.7. The minimum Gasteiger partial charge on any atom is -0.469 e. The van der Waals surface area contributed by atoms with Crippen LogP contribution in [-0.4, -0.2) is 56.5 Å². The van der Waals surface area contributed by atoms with Gasteiger partial charge in [-0.2, -0.15) is 0 Å². The normalized spacial score (nSPS) is 12.2. The Kier molecular flexibility index (Phi) is 9.96. The molecule has 0 aromatic heterocycles. The van der Waals surface area contributed by atoms with Gasteiger partial charge in [-0.1, -0.05) is 0 Å². The fourth-order valence-electron chi connectivity index (χ4n) is 1.56. The third-order valence-corrected chi connectivity index (χ3v) is 2.57. The molecule has 0 rings (SSSR count). The van der Waals surface area contributed by atoms with Gasteiger partial charge in [0.15, 0.2) is 0 Å². The number of rotatable bonds is 9. The summed E-state index contributed by atoms with van der Waals surface area (Å²) in [6.07, 6.45) is -0.403. The fraction of sp³-hybridized carbons (Fsp3) is 0.800. The molecule has 134 valence electrons. The van der Waals surface area contributed by atoms with E-state index < -0.39 is 29.6 Å². The van der Waals surface area contributed by atoms with Crippen molar-refractivity contribution >= 4 is 18.0 Å². The lowest BCUT2D eigenvalue weighted by Gasteiger charge is -2.23. The Balaban J connectivity index is 4.51. The number of hydrogen-bond acceptors (Lipinski definition) is 6. The molecule has 0 spiro atoms. The molecule has 2 N–H and O–H groups in total. The van der Waals surface area contributed by atoms with Crippen LogP contribution in [0.2, 0.25) is 0 Å². The number of ether oxygens (including phenoxy) is 3. The van der Waals surface area contributed by atoms with E-state index in [0.29, 0.717) is 26.2 Å². The molecule has 0 fully saturated rings. The number of methoxy groups -OCH3 is 1. The third-order valence-electron chi connectivity index (χ3n) is 2.57. The molecule has 0 radical (unpaired) electrons. The van der Waals surface area contributed by atoms with Crippen LogP contribution in [0.3, 0.4) is 0 Å². The second kappa shape index (κ2) is 10.8. The van der Waals surface area contributed by atoms with Gasteiger partial charge in [-0.3, -0.25) is 9.59 Å². The summed E-state index contributed by atoms with van der Waals surface area (Å²) < 4.78 is 14.8. The molecule has 0 bridgehead atoms. The van der Waals surface area contributed by atoms with E-state index in [2.05, 4.69) is 15.4 Å². The molecule has 0 aliphatic carbocycles. The van der Waals surface area contributed by atoms with Gasteiger partial charge in [0.1, 0.15) is 11.6 Å². The van der Waals surface area contributed by atoms with Gasteiger partial charge in [-0.25, -0.2) is 4.79 Å². The van der Waals surface area contributed by atoms with Gasteiger partial charge in [0, 0.05) is 19.8 Å². The first-order valence-corrected chi connectivity index (χ1v) is 7.61. The number of carbonyl (C=O) groups excluding carboxylic acids is 3. The van der Waals surface area contributed by atoms with Gasteiger partial charge in [-0.05, 0) is 34.1 Å². The van der Waals surface area contributed by atoms with E-state index in [9.17, 15) is 14.4 Å². The number of alkyl carbamates (subject to hydrolysis) is 1. The summed E-state index contributed by atoms with van der Waals surface area (Å²) in [6.45, 7) is 8.51. The van der Waals surface area contributed by atoms with Gasteiger partial charge in [0.2, 0.25) is 5.91 Å². The smallest absolute Gasteiger partial charge is 0.408 e. The molecule has 0 saturated heterocycles. The van der Waals surface area contributed by atoms with Crippen molar-refractivity contribution in [2.45, 2.75) is 52.2 Å². The first kappa shape index (κ1) is 21.2. The van der Waals surface area contributed by atoms with Crippen molar-refractivity contribution in [1.82, 2.24) is 10.6 Å². The van der Waals surface area contributed by atoms with Crippen molar-refractivity contribution in [3.05, 3.63) is 0 Å². The van der Waals surface area contributed by atoms with Crippen molar-refractivity contribution in [3.63, 3.8) is 0 Å². The molecule has 0 aliphatic rings. The highest BCUT2D eigenvalue weighted by Crippen LogP contribution is 2.07. The van der Waals surface area contributed by atoms with Crippen LogP contribution in [0.1, 0.15) is 40.5 Å². The van der Waals surface area contributed by atoms with Crippen molar-refractivity contribution in [2.75, 3.05) is 26.9 Å². The highest BCUT2D eigenvalue weighted by Gasteiger charge is 2.26. The summed E-state index contributed by atoms with van der Waals surface area (Å²) in [5.41, 5.74) is -0.701. The van der Waals surface area contributed by atoms with Gasteiger partial charge in [0.05, 0.1) is 13.5 Å². The maximum Gasteiger partial charge on any atom is 0.408 e. The molecular weight excluding hydrogens is 304 g/mol. The summed E-state index contributed by atoms with van der Waals surface area (Å²) in [4.78, 5) is 35.3. The summed E-state index contributed by atoms with van der Waals surface area (Å²) in [5, 5.41) is 5.03. The van der Waals surface area contributed by atoms with Crippen molar-refractivity contribution in [3.8, 4) is 0 Å². The zero-order valence-electron chi connectivity index (χ0n) is 14.6. The molecule has 0 aliphatic heterocycles. The van der Waals surface area contributed by atoms with E-state index in [1.807, 2.05) is 6.92 Å². The Bertz CT molecular complexity index is 392. The molecule has 8 heteroatoms. The minimum absolute atomic E-state index is 0.271. The topological polar surface area (TPSA) is 103 Å². The minimum atomic E-state index is -1.05. The molecule has 0 saturated carbocycles. The van der Waals surface area contributed by atoms with Gasteiger partial charge in [0.25, 0.3) is 0 Å². The summed E-state index contributed by atoms with van der Waals surface area (Å²) in [6, 6.07) is -1.05. The Labute approximate surface area is 137 Å². The number of hydrogen-bond donors (Lipinski definition) is 2.